The van der Waals surface area contributed by atoms with E-state index in [-0.39, 0.29) is 41.8 Å². The molecular formula is C42H54N6O4S. The Morgan fingerprint density at radius 3 is 2.36 bits per heavy atom. The van der Waals surface area contributed by atoms with Crippen LogP contribution >= 0.6 is 11.8 Å². The summed E-state index contributed by atoms with van der Waals surface area (Å²) in [5.74, 6) is 0.00375. The van der Waals surface area contributed by atoms with Crippen LogP contribution in [-0.2, 0) is 21.8 Å². The normalized spacial score (nSPS) is 17.9. The molecule has 53 heavy (non-hydrogen) atoms. The summed E-state index contributed by atoms with van der Waals surface area (Å²) in [6.07, 6.45) is 4.52. The molecule has 3 heterocycles. The number of aliphatic hydroxyl groups is 1. The molecule has 1 fully saturated rings. The molecule has 1 unspecified atom stereocenters. The highest BCUT2D eigenvalue weighted by Crippen LogP contribution is 2.31. The quantitative estimate of drug-likeness (QED) is 0.161. The minimum absolute atomic E-state index is 0.0679. The van der Waals surface area contributed by atoms with Gasteiger partial charge in [0.25, 0.3) is 5.91 Å². The molecule has 0 radical (unpaired) electrons. The van der Waals surface area contributed by atoms with Gasteiger partial charge in [0, 0.05) is 53.0 Å². The third kappa shape index (κ3) is 11.6. The van der Waals surface area contributed by atoms with Crippen molar-refractivity contribution in [3.05, 3.63) is 108 Å². The lowest BCUT2D eigenvalue weighted by Gasteiger charge is -2.41. The summed E-state index contributed by atoms with van der Waals surface area (Å²) in [5, 5.41) is 19.3. The largest absolute Gasteiger partial charge is 0.390 e. The number of rotatable bonds is 13. The molecule has 5 rings (SSSR count). The van der Waals surface area contributed by atoms with E-state index in [1.165, 1.54) is 4.90 Å². The summed E-state index contributed by atoms with van der Waals surface area (Å²) >= 11 is 1.83. The average molecular weight is 739 g/mol. The highest BCUT2D eigenvalue weighted by atomic mass is 32.2. The van der Waals surface area contributed by atoms with Crippen LogP contribution in [0, 0.1) is 0 Å². The first-order chi connectivity index (χ1) is 25.2. The fourth-order valence-electron chi connectivity index (χ4n) is 6.63. The van der Waals surface area contributed by atoms with Crippen molar-refractivity contribution in [2.75, 3.05) is 19.6 Å². The molecule has 4 aromatic rings. The molecule has 1 aliphatic heterocycles. The zero-order valence-electron chi connectivity index (χ0n) is 31.8. The van der Waals surface area contributed by atoms with Crippen molar-refractivity contribution < 1.29 is 19.5 Å². The predicted molar refractivity (Wildman–Crippen MR) is 212 cm³/mol. The molecule has 0 aliphatic carbocycles. The Labute approximate surface area is 318 Å². The van der Waals surface area contributed by atoms with Gasteiger partial charge in [0.2, 0.25) is 11.8 Å². The number of thioether (sulfide) groups is 1. The summed E-state index contributed by atoms with van der Waals surface area (Å²) < 4.78 is 0. The maximum Gasteiger partial charge on any atom is 0.273 e. The summed E-state index contributed by atoms with van der Waals surface area (Å²) in [6, 6.07) is 23.7. The van der Waals surface area contributed by atoms with Crippen LogP contribution in [0.25, 0.3) is 10.9 Å². The van der Waals surface area contributed by atoms with Crippen LogP contribution in [0.1, 0.15) is 76.0 Å². The monoisotopic (exact) mass is 738 g/mol. The number of aliphatic hydroxyl groups excluding tert-OH is 1. The number of benzene rings is 2. The van der Waals surface area contributed by atoms with Gasteiger partial charge in [0.15, 0.2) is 0 Å². The SMILES string of the molecule is CC(C)(C)NC(=O)C1C[C@H](SCc2cccnc2)CCN1C[C@@H](O)[C@H](Cc1ccccc1)NC(=O)CN(C(=O)c1ccc2ccccc2n1)C(C)(C)C. The molecule has 2 aromatic heterocycles. The lowest BCUT2D eigenvalue weighted by Crippen LogP contribution is -2.59. The highest BCUT2D eigenvalue weighted by molar-refractivity contribution is 7.99. The summed E-state index contributed by atoms with van der Waals surface area (Å²) in [6.45, 7) is 12.2. The summed E-state index contributed by atoms with van der Waals surface area (Å²) in [7, 11) is 0. The topological polar surface area (TPSA) is 128 Å². The van der Waals surface area contributed by atoms with E-state index in [0.717, 1.165) is 28.7 Å². The van der Waals surface area contributed by atoms with Gasteiger partial charge in [-0.05, 0) is 90.1 Å². The first kappa shape index (κ1) is 39.9. The van der Waals surface area contributed by atoms with Gasteiger partial charge in [0.1, 0.15) is 12.2 Å². The smallest absolute Gasteiger partial charge is 0.273 e. The number of pyridine rings is 2. The van der Waals surface area contributed by atoms with Crippen molar-refractivity contribution in [2.24, 2.45) is 0 Å². The van der Waals surface area contributed by atoms with Crippen molar-refractivity contribution in [3.63, 3.8) is 0 Å². The van der Waals surface area contributed by atoms with Gasteiger partial charge in [-0.3, -0.25) is 24.3 Å². The van der Waals surface area contributed by atoms with Crippen LogP contribution in [0.2, 0.25) is 0 Å². The van der Waals surface area contributed by atoms with Crippen LogP contribution in [0.3, 0.4) is 0 Å². The molecule has 11 heteroatoms. The Kier molecular flexibility index (Phi) is 13.3. The molecule has 1 aliphatic rings. The van der Waals surface area contributed by atoms with E-state index in [4.69, 9.17) is 0 Å². The maximum atomic E-state index is 13.9. The van der Waals surface area contributed by atoms with Gasteiger partial charge in [-0.15, -0.1) is 0 Å². The number of para-hydroxylation sites is 1. The standard InChI is InChI=1S/C42H54N6O4S/c1-41(2,3)46-39(51)36-24-32(53-28-30-15-12-21-43-25-30)20-22-47(36)26-37(49)35(23-29-13-8-7-9-14-29)45-38(50)27-48(42(4,5)6)40(52)34-19-18-31-16-10-11-17-33(31)44-34/h7-19,21,25,32,35-37,49H,20,22-24,26-28H2,1-6H3,(H,45,50)(H,46,51)/t32-,35+,36?,37-/m1/s1. The van der Waals surface area contributed by atoms with Crippen LogP contribution < -0.4 is 10.6 Å². The molecule has 0 saturated carbocycles. The number of piperidine rings is 1. The van der Waals surface area contributed by atoms with Gasteiger partial charge in [-0.2, -0.15) is 11.8 Å². The number of carbonyl (C=O) groups is 3. The predicted octanol–water partition coefficient (Wildman–Crippen LogP) is 5.64. The fraction of sp³-hybridized carbons (Fsp3) is 0.452. The number of likely N-dealkylation sites (tertiary alicyclic amines) is 1. The second-order valence-electron chi connectivity index (χ2n) is 16.0. The van der Waals surface area contributed by atoms with E-state index in [9.17, 15) is 19.5 Å². The third-order valence-electron chi connectivity index (χ3n) is 9.38. The molecule has 1 saturated heterocycles. The molecule has 10 nitrogen and oxygen atoms in total. The Bertz CT molecular complexity index is 1830. The maximum absolute atomic E-state index is 13.9. The third-order valence-corrected chi connectivity index (χ3v) is 10.8. The zero-order chi connectivity index (χ0) is 38.2. The Morgan fingerprint density at radius 2 is 1.66 bits per heavy atom. The van der Waals surface area contributed by atoms with Crippen molar-refractivity contribution in [2.45, 2.75) is 101 Å². The molecule has 0 bridgehead atoms. The average Bonchev–Trinajstić information content (AvgIpc) is 3.12. The van der Waals surface area contributed by atoms with Gasteiger partial charge in [-0.1, -0.05) is 60.7 Å². The first-order valence-electron chi connectivity index (χ1n) is 18.4. The number of hydrogen-bond acceptors (Lipinski definition) is 8. The highest BCUT2D eigenvalue weighted by Gasteiger charge is 2.38. The Hall–Kier alpha value is -4.32. The van der Waals surface area contributed by atoms with Crippen LogP contribution in [0.5, 0.6) is 0 Å². The number of nitrogens with one attached hydrogen (secondary N) is 2. The molecule has 4 atom stereocenters. The fourth-order valence-corrected chi connectivity index (χ4v) is 7.82. The molecular weight excluding hydrogens is 685 g/mol. The summed E-state index contributed by atoms with van der Waals surface area (Å²) in [5.41, 5.74) is 1.95. The molecule has 0 spiro atoms. The van der Waals surface area contributed by atoms with Crippen molar-refractivity contribution in [3.8, 4) is 0 Å². The van der Waals surface area contributed by atoms with Gasteiger partial charge < -0.3 is 20.6 Å². The van der Waals surface area contributed by atoms with E-state index in [0.29, 0.717) is 24.9 Å². The number of aromatic nitrogens is 2. The van der Waals surface area contributed by atoms with Crippen LogP contribution in [0.15, 0.2) is 91.3 Å². The van der Waals surface area contributed by atoms with Crippen molar-refractivity contribution in [1.29, 1.82) is 0 Å². The lowest BCUT2D eigenvalue weighted by molar-refractivity contribution is -0.130. The second kappa shape index (κ2) is 17.7. The molecule has 3 N–H and O–H groups in total. The Morgan fingerprint density at radius 1 is 0.943 bits per heavy atom. The van der Waals surface area contributed by atoms with E-state index >= 15 is 0 Å². The number of carbonyl (C=O) groups excluding carboxylic acids is 3. The molecule has 2 aromatic carbocycles. The van der Waals surface area contributed by atoms with E-state index in [1.807, 2.05) is 126 Å². The zero-order valence-corrected chi connectivity index (χ0v) is 32.6. The number of nitrogens with zero attached hydrogens (tertiary/aromatic N) is 4. The Balaban J connectivity index is 1.32. The minimum Gasteiger partial charge on any atom is -0.390 e. The van der Waals surface area contributed by atoms with Crippen molar-refractivity contribution >= 4 is 40.4 Å². The van der Waals surface area contributed by atoms with Crippen molar-refractivity contribution in [1.82, 2.24) is 30.4 Å². The second-order valence-corrected chi connectivity index (χ2v) is 17.2. The van der Waals surface area contributed by atoms with Gasteiger partial charge in [0.05, 0.1) is 23.7 Å². The molecule has 282 valence electrons. The molecule has 3 amide bonds. The lowest BCUT2D eigenvalue weighted by atomic mass is 9.96. The number of amides is 3. The van der Waals surface area contributed by atoms with E-state index in [1.54, 1.807) is 12.3 Å². The van der Waals surface area contributed by atoms with Gasteiger partial charge in [-0.25, -0.2) is 4.98 Å². The number of fused-ring (bicyclic) bond motifs is 1. The summed E-state index contributed by atoms with van der Waals surface area (Å²) in [4.78, 5) is 54.0. The minimum atomic E-state index is -0.996. The first-order valence-corrected chi connectivity index (χ1v) is 19.5. The van der Waals surface area contributed by atoms with E-state index < -0.39 is 29.3 Å². The van der Waals surface area contributed by atoms with Gasteiger partial charge >= 0.3 is 0 Å². The van der Waals surface area contributed by atoms with Crippen LogP contribution in [-0.4, -0.2) is 96.7 Å². The van der Waals surface area contributed by atoms with E-state index in [2.05, 4.69) is 31.6 Å². The number of hydrogen-bond donors (Lipinski definition) is 3. The number of β-amino-alcohol motifs (C(OH)–C–C–N with tert-alkyl or cyclic N) is 1. The van der Waals surface area contributed by atoms with Crippen LogP contribution in [0.4, 0.5) is 0 Å².